The zero-order chi connectivity index (χ0) is 15.4. The summed E-state index contributed by atoms with van der Waals surface area (Å²) in [5.74, 6) is 1.28. The van der Waals surface area contributed by atoms with E-state index in [0.717, 1.165) is 54.5 Å². The van der Waals surface area contributed by atoms with Gasteiger partial charge in [0.15, 0.2) is 0 Å². The molecule has 1 unspecified atom stereocenters. The minimum atomic E-state index is 0.294. The van der Waals surface area contributed by atoms with Crippen LogP contribution < -0.4 is 4.74 Å². The van der Waals surface area contributed by atoms with Crippen LogP contribution in [0.15, 0.2) is 29.6 Å². The van der Waals surface area contributed by atoms with Crippen molar-refractivity contribution < 1.29 is 9.84 Å². The van der Waals surface area contributed by atoms with E-state index in [0.29, 0.717) is 12.5 Å². The fraction of sp³-hybridized carbons (Fsp3) is 0.471. The molecule has 3 rings (SSSR count). The minimum Gasteiger partial charge on any atom is -0.497 e. The Kier molecular flexibility index (Phi) is 5.08. The smallest absolute Gasteiger partial charge is 0.123 e. The van der Waals surface area contributed by atoms with Crippen LogP contribution in [-0.4, -0.2) is 41.8 Å². The molecule has 1 fully saturated rings. The van der Waals surface area contributed by atoms with Crippen LogP contribution in [0, 0.1) is 5.92 Å². The van der Waals surface area contributed by atoms with Gasteiger partial charge in [0, 0.05) is 30.6 Å². The van der Waals surface area contributed by atoms with Crippen molar-refractivity contribution in [3.63, 3.8) is 0 Å². The molecule has 1 aliphatic heterocycles. The highest BCUT2D eigenvalue weighted by molar-refractivity contribution is 7.13. The van der Waals surface area contributed by atoms with E-state index >= 15 is 0 Å². The standard InChI is InChI=1S/C17H22N2O2S/c1-21-16-6-2-5-14(8-16)17-18-15(12-22-17)10-19-7-3-4-13(9-19)11-20/h2,5-6,8,12-13,20H,3-4,7,9-11H2,1H3. The van der Waals surface area contributed by atoms with Gasteiger partial charge in [-0.05, 0) is 37.4 Å². The molecule has 1 aromatic carbocycles. The van der Waals surface area contributed by atoms with Gasteiger partial charge < -0.3 is 9.84 Å². The van der Waals surface area contributed by atoms with Gasteiger partial charge in [-0.1, -0.05) is 12.1 Å². The van der Waals surface area contributed by atoms with Crippen LogP contribution >= 0.6 is 11.3 Å². The number of aromatic nitrogens is 1. The van der Waals surface area contributed by atoms with Gasteiger partial charge >= 0.3 is 0 Å². The number of piperidine rings is 1. The van der Waals surface area contributed by atoms with Crippen molar-refractivity contribution in [1.29, 1.82) is 0 Å². The lowest BCUT2D eigenvalue weighted by Gasteiger charge is -2.31. The third-order valence-corrected chi connectivity index (χ3v) is 5.06. The molecule has 1 aliphatic rings. The quantitative estimate of drug-likeness (QED) is 0.920. The highest BCUT2D eigenvalue weighted by atomic mass is 32.1. The number of rotatable bonds is 5. The Labute approximate surface area is 135 Å². The van der Waals surface area contributed by atoms with Crippen LogP contribution in [0.25, 0.3) is 10.6 Å². The first-order chi connectivity index (χ1) is 10.8. The molecule has 1 aromatic heterocycles. The van der Waals surface area contributed by atoms with Crippen molar-refractivity contribution >= 4 is 11.3 Å². The number of aliphatic hydroxyl groups excluding tert-OH is 1. The van der Waals surface area contributed by atoms with Crippen molar-refractivity contribution in [2.45, 2.75) is 19.4 Å². The first-order valence-corrected chi connectivity index (χ1v) is 8.58. The molecule has 0 aliphatic carbocycles. The SMILES string of the molecule is COc1cccc(-c2nc(CN3CCCC(CO)C3)cs2)c1. The number of hydrogen-bond donors (Lipinski definition) is 1. The molecule has 2 heterocycles. The molecule has 0 saturated carbocycles. The molecule has 118 valence electrons. The molecule has 0 amide bonds. The molecule has 0 radical (unpaired) electrons. The molecular formula is C17H22N2O2S. The molecule has 22 heavy (non-hydrogen) atoms. The number of thiazole rings is 1. The van der Waals surface area contributed by atoms with Crippen LogP contribution in [-0.2, 0) is 6.54 Å². The number of methoxy groups -OCH3 is 1. The van der Waals surface area contributed by atoms with Gasteiger partial charge in [0.1, 0.15) is 10.8 Å². The second-order valence-electron chi connectivity index (χ2n) is 5.80. The Balaban J connectivity index is 1.68. The molecule has 1 saturated heterocycles. The lowest BCUT2D eigenvalue weighted by Crippen LogP contribution is -2.36. The van der Waals surface area contributed by atoms with E-state index in [1.165, 1.54) is 0 Å². The zero-order valence-corrected chi connectivity index (χ0v) is 13.7. The molecule has 1 atom stereocenters. The van der Waals surface area contributed by atoms with Gasteiger partial charge in [0.2, 0.25) is 0 Å². The Hall–Kier alpha value is -1.43. The summed E-state index contributed by atoms with van der Waals surface area (Å²) in [4.78, 5) is 7.16. The maximum Gasteiger partial charge on any atom is 0.123 e. The molecule has 0 spiro atoms. The average Bonchev–Trinajstić information content (AvgIpc) is 3.03. The number of hydrogen-bond acceptors (Lipinski definition) is 5. The number of likely N-dealkylation sites (tertiary alicyclic amines) is 1. The summed E-state index contributed by atoms with van der Waals surface area (Å²) in [5, 5.41) is 12.5. The molecule has 4 nitrogen and oxygen atoms in total. The van der Waals surface area contributed by atoms with E-state index in [9.17, 15) is 5.11 Å². The number of ether oxygens (including phenoxy) is 1. The predicted molar refractivity (Wildman–Crippen MR) is 89.2 cm³/mol. The largest absolute Gasteiger partial charge is 0.497 e. The summed E-state index contributed by atoms with van der Waals surface area (Å²) >= 11 is 1.67. The topological polar surface area (TPSA) is 45.6 Å². The summed E-state index contributed by atoms with van der Waals surface area (Å²) < 4.78 is 5.27. The van der Waals surface area contributed by atoms with E-state index in [-0.39, 0.29) is 0 Å². The van der Waals surface area contributed by atoms with Crippen molar-refractivity contribution in [2.24, 2.45) is 5.92 Å². The second-order valence-corrected chi connectivity index (χ2v) is 6.66. The Morgan fingerprint density at radius 3 is 3.18 bits per heavy atom. The fourth-order valence-corrected chi connectivity index (χ4v) is 3.75. The molecule has 0 bridgehead atoms. The van der Waals surface area contributed by atoms with Crippen LogP contribution in [0.1, 0.15) is 18.5 Å². The summed E-state index contributed by atoms with van der Waals surface area (Å²) in [6.07, 6.45) is 2.30. The van der Waals surface area contributed by atoms with Crippen LogP contribution in [0.2, 0.25) is 0 Å². The third-order valence-electron chi connectivity index (χ3n) is 4.12. The number of nitrogens with zero attached hydrogens (tertiary/aromatic N) is 2. The van der Waals surface area contributed by atoms with E-state index in [2.05, 4.69) is 16.3 Å². The van der Waals surface area contributed by atoms with Gasteiger partial charge in [-0.2, -0.15) is 0 Å². The van der Waals surface area contributed by atoms with Crippen molar-refractivity contribution in [1.82, 2.24) is 9.88 Å². The Bertz CT molecular complexity index is 614. The second kappa shape index (κ2) is 7.22. The van der Waals surface area contributed by atoms with Crippen molar-refractivity contribution in [3.8, 4) is 16.3 Å². The van der Waals surface area contributed by atoms with Gasteiger partial charge in [0.25, 0.3) is 0 Å². The summed E-state index contributed by atoms with van der Waals surface area (Å²) in [5.41, 5.74) is 2.21. The first kappa shape index (κ1) is 15.5. The fourth-order valence-electron chi connectivity index (χ4n) is 2.94. The lowest BCUT2D eigenvalue weighted by molar-refractivity contribution is 0.115. The highest BCUT2D eigenvalue weighted by Crippen LogP contribution is 2.27. The Morgan fingerprint density at radius 1 is 1.45 bits per heavy atom. The maximum absolute atomic E-state index is 9.32. The van der Waals surface area contributed by atoms with E-state index in [1.54, 1.807) is 18.4 Å². The average molecular weight is 318 g/mol. The van der Waals surface area contributed by atoms with E-state index < -0.39 is 0 Å². The van der Waals surface area contributed by atoms with Gasteiger partial charge in [0.05, 0.1) is 12.8 Å². The maximum atomic E-state index is 9.32. The van der Waals surface area contributed by atoms with Gasteiger partial charge in [-0.15, -0.1) is 11.3 Å². The first-order valence-electron chi connectivity index (χ1n) is 7.70. The predicted octanol–water partition coefficient (Wildman–Crippen LogP) is 3.02. The lowest BCUT2D eigenvalue weighted by atomic mass is 9.99. The normalized spacial score (nSPS) is 19.3. The molecular weight excluding hydrogens is 296 g/mol. The highest BCUT2D eigenvalue weighted by Gasteiger charge is 2.20. The minimum absolute atomic E-state index is 0.294. The zero-order valence-electron chi connectivity index (χ0n) is 12.9. The van der Waals surface area contributed by atoms with Gasteiger partial charge in [-0.3, -0.25) is 4.90 Å². The molecule has 1 N–H and O–H groups in total. The van der Waals surface area contributed by atoms with E-state index in [1.807, 2.05) is 18.2 Å². The Morgan fingerprint density at radius 2 is 2.36 bits per heavy atom. The molecule has 2 aromatic rings. The van der Waals surface area contributed by atoms with E-state index in [4.69, 9.17) is 9.72 Å². The summed E-state index contributed by atoms with van der Waals surface area (Å²) in [6, 6.07) is 8.02. The number of aliphatic hydroxyl groups is 1. The van der Waals surface area contributed by atoms with Crippen molar-refractivity contribution in [3.05, 3.63) is 35.3 Å². The van der Waals surface area contributed by atoms with Crippen molar-refractivity contribution in [2.75, 3.05) is 26.8 Å². The van der Waals surface area contributed by atoms with Gasteiger partial charge in [-0.25, -0.2) is 4.98 Å². The monoisotopic (exact) mass is 318 g/mol. The van der Waals surface area contributed by atoms with Crippen LogP contribution in [0.3, 0.4) is 0 Å². The molecule has 5 heteroatoms. The summed E-state index contributed by atoms with van der Waals surface area (Å²) in [6.45, 7) is 3.24. The number of benzene rings is 1. The third kappa shape index (κ3) is 3.66. The van der Waals surface area contributed by atoms with Crippen LogP contribution in [0.5, 0.6) is 5.75 Å². The summed E-state index contributed by atoms with van der Waals surface area (Å²) in [7, 11) is 1.68. The van der Waals surface area contributed by atoms with Crippen LogP contribution in [0.4, 0.5) is 0 Å².